The Morgan fingerprint density at radius 1 is 1.27 bits per heavy atom. The van der Waals surface area contributed by atoms with Gasteiger partial charge in [-0.3, -0.25) is 4.79 Å². The number of nitrogens with one attached hydrogen (secondary N) is 2. The molecule has 2 N–H and O–H groups in total. The number of carbonyl (C=O) groups excluding carboxylic acids is 1. The van der Waals surface area contributed by atoms with Crippen LogP contribution in [0.25, 0.3) is 5.65 Å². The van der Waals surface area contributed by atoms with E-state index in [1.54, 1.807) is 11.8 Å². The Morgan fingerprint density at radius 2 is 2.15 bits per heavy atom. The number of hydrogen-bond donors (Lipinski definition) is 2. The average Bonchev–Trinajstić information content (AvgIpc) is 3.33. The van der Waals surface area contributed by atoms with Gasteiger partial charge in [0, 0.05) is 35.6 Å². The molecule has 6 heteroatoms. The van der Waals surface area contributed by atoms with Gasteiger partial charge in [-0.1, -0.05) is 18.2 Å². The first kappa shape index (κ1) is 17.1. The van der Waals surface area contributed by atoms with E-state index in [9.17, 15) is 4.79 Å². The zero-order valence-corrected chi connectivity index (χ0v) is 15.3. The fraction of sp³-hybridized carbons (Fsp3) is 0.300. The number of hydrogen-bond acceptors (Lipinski definition) is 4. The summed E-state index contributed by atoms with van der Waals surface area (Å²) in [6.07, 6.45) is 6.35. The van der Waals surface area contributed by atoms with Crippen LogP contribution in [0.1, 0.15) is 28.9 Å². The third-order valence-electron chi connectivity index (χ3n) is 4.59. The van der Waals surface area contributed by atoms with E-state index in [0.29, 0.717) is 12.6 Å². The van der Waals surface area contributed by atoms with Crippen LogP contribution in [0, 0.1) is 0 Å². The summed E-state index contributed by atoms with van der Waals surface area (Å²) >= 11 is 1.65. The second-order valence-electron chi connectivity index (χ2n) is 6.49. The van der Waals surface area contributed by atoms with E-state index in [4.69, 9.17) is 0 Å². The van der Waals surface area contributed by atoms with Crippen LogP contribution in [0.15, 0.2) is 59.8 Å². The van der Waals surface area contributed by atoms with Crippen LogP contribution in [0.3, 0.4) is 0 Å². The molecule has 3 heterocycles. The minimum Gasteiger partial charge on any atom is -0.350 e. The number of aromatic nitrogens is 2. The first-order valence-corrected chi connectivity index (χ1v) is 9.94. The predicted molar refractivity (Wildman–Crippen MR) is 105 cm³/mol. The molecule has 1 aromatic carbocycles. The van der Waals surface area contributed by atoms with Gasteiger partial charge in [-0.15, -0.1) is 11.8 Å². The molecule has 1 amide bonds. The lowest BCUT2D eigenvalue weighted by molar-refractivity contribution is 0.0947. The van der Waals surface area contributed by atoms with Crippen LogP contribution in [0.5, 0.6) is 0 Å². The molecule has 0 spiro atoms. The Labute approximate surface area is 157 Å². The van der Waals surface area contributed by atoms with E-state index >= 15 is 0 Å². The van der Waals surface area contributed by atoms with Crippen molar-refractivity contribution in [3.05, 3.63) is 66.1 Å². The Kier molecular flexibility index (Phi) is 5.22. The Hall–Kier alpha value is -2.31. The van der Waals surface area contributed by atoms with Crippen molar-refractivity contribution in [3.63, 3.8) is 0 Å². The number of thioether (sulfide) groups is 1. The Balaban J connectivity index is 1.42. The first-order valence-electron chi connectivity index (χ1n) is 8.95. The molecule has 1 unspecified atom stereocenters. The molecule has 5 nitrogen and oxygen atoms in total. The molecular weight excluding hydrogens is 344 g/mol. The lowest BCUT2D eigenvalue weighted by Gasteiger charge is -2.13. The number of benzene rings is 1. The van der Waals surface area contributed by atoms with Crippen LogP contribution in [0.4, 0.5) is 0 Å². The fourth-order valence-corrected chi connectivity index (χ4v) is 4.16. The number of fused-ring (bicyclic) bond motifs is 1. The third kappa shape index (κ3) is 3.92. The van der Waals surface area contributed by atoms with Crippen molar-refractivity contribution in [1.29, 1.82) is 0 Å². The van der Waals surface area contributed by atoms with Crippen LogP contribution < -0.4 is 10.6 Å². The second-order valence-corrected chi connectivity index (χ2v) is 7.50. The van der Waals surface area contributed by atoms with Crippen LogP contribution in [-0.4, -0.2) is 34.4 Å². The summed E-state index contributed by atoms with van der Waals surface area (Å²) in [5.74, 6) is 0.729. The van der Waals surface area contributed by atoms with Gasteiger partial charge in [0.15, 0.2) is 0 Å². The maximum atomic E-state index is 12.6. The summed E-state index contributed by atoms with van der Waals surface area (Å²) in [5, 5.41) is 6.47. The van der Waals surface area contributed by atoms with Gasteiger partial charge in [-0.05, 0) is 43.7 Å². The first-order chi connectivity index (χ1) is 12.8. The molecule has 1 aliphatic heterocycles. The highest BCUT2D eigenvalue weighted by Gasteiger charge is 2.17. The fourth-order valence-electron chi connectivity index (χ4n) is 3.23. The number of amides is 1. The molecule has 0 bridgehead atoms. The van der Waals surface area contributed by atoms with E-state index < -0.39 is 0 Å². The molecule has 0 saturated carbocycles. The lowest BCUT2D eigenvalue weighted by atomic mass is 10.2. The molecule has 0 aliphatic carbocycles. The smallest absolute Gasteiger partial charge is 0.252 e. The highest BCUT2D eigenvalue weighted by atomic mass is 32.2. The monoisotopic (exact) mass is 366 g/mol. The SMILES string of the molecule is O=C(NCC1CCCN1)c1ccccc1SCc1cn2ccccc2n1. The van der Waals surface area contributed by atoms with Crippen molar-refractivity contribution in [3.8, 4) is 0 Å². The number of pyridine rings is 1. The van der Waals surface area contributed by atoms with E-state index in [-0.39, 0.29) is 5.91 Å². The number of nitrogens with zero attached hydrogens (tertiary/aromatic N) is 2. The van der Waals surface area contributed by atoms with Crippen LogP contribution >= 0.6 is 11.8 Å². The minimum atomic E-state index is -0.00296. The van der Waals surface area contributed by atoms with Crippen molar-refractivity contribution in [1.82, 2.24) is 20.0 Å². The molecule has 1 atom stereocenters. The summed E-state index contributed by atoms with van der Waals surface area (Å²) < 4.78 is 2.02. The number of imidazole rings is 1. The van der Waals surface area contributed by atoms with Crippen LogP contribution in [-0.2, 0) is 5.75 Å². The number of rotatable bonds is 6. The summed E-state index contributed by atoms with van der Waals surface area (Å²) in [4.78, 5) is 18.2. The summed E-state index contributed by atoms with van der Waals surface area (Å²) in [6, 6.07) is 14.2. The van der Waals surface area contributed by atoms with Crippen molar-refractivity contribution in [2.24, 2.45) is 0 Å². The maximum absolute atomic E-state index is 12.6. The maximum Gasteiger partial charge on any atom is 0.252 e. The minimum absolute atomic E-state index is 0.00296. The highest BCUT2D eigenvalue weighted by molar-refractivity contribution is 7.98. The topological polar surface area (TPSA) is 58.4 Å². The third-order valence-corrected chi connectivity index (χ3v) is 5.70. The van der Waals surface area contributed by atoms with Gasteiger partial charge in [0.1, 0.15) is 5.65 Å². The van der Waals surface area contributed by atoms with Crippen molar-refractivity contribution in [2.75, 3.05) is 13.1 Å². The zero-order valence-electron chi connectivity index (χ0n) is 14.5. The Morgan fingerprint density at radius 3 is 3.00 bits per heavy atom. The predicted octanol–water partition coefficient (Wildman–Crippen LogP) is 3.11. The van der Waals surface area contributed by atoms with Gasteiger partial charge in [0.2, 0.25) is 0 Å². The van der Waals surface area contributed by atoms with Gasteiger partial charge >= 0.3 is 0 Å². The van der Waals surface area contributed by atoms with Crippen LogP contribution in [0.2, 0.25) is 0 Å². The molecule has 1 fully saturated rings. The summed E-state index contributed by atoms with van der Waals surface area (Å²) in [6.45, 7) is 1.73. The van der Waals surface area contributed by atoms with Gasteiger partial charge in [0.25, 0.3) is 5.91 Å². The van der Waals surface area contributed by atoms with Gasteiger partial charge < -0.3 is 15.0 Å². The van der Waals surface area contributed by atoms with Crippen molar-refractivity contribution >= 4 is 23.3 Å². The zero-order chi connectivity index (χ0) is 17.8. The van der Waals surface area contributed by atoms with Crippen molar-refractivity contribution < 1.29 is 4.79 Å². The Bertz CT molecular complexity index is 868. The van der Waals surface area contributed by atoms with E-state index in [2.05, 4.69) is 15.6 Å². The molecule has 1 saturated heterocycles. The molecule has 134 valence electrons. The molecule has 4 rings (SSSR count). The molecule has 3 aromatic rings. The quantitative estimate of drug-likeness (QED) is 0.658. The van der Waals surface area contributed by atoms with Gasteiger partial charge in [-0.2, -0.15) is 0 Å². The lowest BCUT2D eigenvalue weighted by Crippen LogP contribution is -2.37. The average molecular weight is 366 g/mol. The van der Waals surface area contributed by atoms with Gasteiger partial charge in [0.05, 0.1) is 11.3 Å². The second kappa shape index (κ2) is 7.93. The summed E-state index contributed by atoms with van der Waals surface area (Å²) in [7, 11) is 0. The number of carbonyl (C=O) groups is 1. The van der Waals surface area contributed by atoms with Gasteiger partial charge in [-0.25, -0.2) is 4.98 Å². The molecule has 2 aromatic heterocycles. The molecular formula is C20H22N4OS. The van der Waals surface area contributed by atoms with E-state index in [1.165, 1.54) is 6.42 Å². The van der Waals surface area contributed by atoms with E-state index in [0.717, 1.165) is 40.5 Å². The highest BCUT2D eigenvalue weighted by Crippen LogP contribution is 2.26. The molecule has 1 aliphatic rings. The normalized spacial score (nSPS) is 16.8. The molecule has 0 radical (unpaired) electrons. The standard InChI is InChI=1S/C20H22N4OS/c25-20(22-12-15-6-5-10-21-15)17-7-1-2-8-18(17)26-14-16-13-24-11-4-3-9-19(24)23-16/h1-4,7-9,11,13,15,21H,5-6,10,12,14H2,(H,22,25). The largest absolute Gasteiger partial charge is 0.350 e. The van der Waals surface area contributed by atoms with Crippen molar-refractivity contribution in [2.45, 2.75) is 29.5 Å². The molecule has 26 heavy (non-hydrogen) atoms. The summed E-state index contributed by atoms with van der Waals surface area (Å²) in [5.41, 5.74) is 2.68. The van der Waals surface area contributed by atoms with E-state index in [1.807, 2.05) is 59.3 Å².